The summed E-state index contributed by atoms with van der Waals surface area (Å²) in [6.07, 6.45) is 11.2. The van der Waals surface area contributed by atoms with Crippen molar-refractivity contribution in [2.45, 2.75) is 39.2 Å². The number of allylic oxidation sites excluding steroid dienone is 2. The largest absolute Gasteiger partial charge is 0.497 e. The first-order valence-electron chi connectivity index (χ1n) is 9.86. The fourth-order valence-electron chi connectivity index (χ4n) is 3.78. The maximum absolute atomic E-state index is 12.2. The number of rotatable bonds is 6. The number of benzene rings is 1. The SMILES string of the molecule is COc1ccc(CNC(=O)NC2=CCC[C@@](C)(CN3CCCC3)C=C2)cc1. The molecule has 2 N–H and O–H groups in total. The average Bonchev–Trinajstić information content (AvgIpc) is 3.10. The van der Waals surface area contributed by atoms with Gasteiger partial charge in [0.05, 0.1) is 7.11 Å². The lowest BCUT2D eigenvalue weighted by molar-refractivity contribution is 0.226. The summed E-state index contributed by atoms with van der Waals surface area (Å²) >= 11 is 0. The van der Waals surface area contributed by atoms with E-state index in [1.807, 2.05) is 24.3 Å². The molecule has 27 heavy (non-hydrogen) atoms. The zero-order chi connectivity index (χ0) is 19.1. The molecule has 1 atom stereocenters. The van der Waals surface area contributed by atoms with Crippen molar-refractivity contribution in [3.05, 3.63) is 53.8 Å². The van der Waals surface area contributed by atoms with E-state index in [1.54, 1.807) is 7.11 Å². The van der Waals surface area contributed by atoms with Crippen LogP contribution in [-0.2, 0) is 6.54 Å². The summed E-state index contributed by atoms with van der Waals surface area (Å²) < 4.78 is 5.15. The summed E-state index contributed by atoms with van der Waals surface area (Å²) in [5.74, 6) is 0.814. The third-order valence-corrected chi connectivity index (χ3v) is 5.40. The van der Waals surface area contributed by atoms with Gasteiger partial charge in [-0.15, -0.1) is 0 Å². The highest BCUT2D eigenvalue weighted by molar-refractivity contribution is 5.76. The highest BCUT2D eigenvalue weighted by atomic mass is 16.5. The van der Waals surface area contributed by atoms with Gasteiger partial charge in [-0.25, -0.2) is 4.79 Å². The molecule has 1 fully saturated rings. The van der Waals surface area contributed by atoms with Crippen LogP contribution in [0.2, 0.25) is 0 Å². The summed E-state index contributed by atoms with van der Waals surface area (Å²) in [5, 5.41) is 5.88. The second-order valence-corrected chi connectivity index (χ2v) is 7.82. The number of methoxy groups -OCH3 is 1. The zero-order valence-electron chi connectivity index (χ0n) is 16.5. The Bertz CT molecular complexity index is 690. The third-order valence-electron chi connectivity index (χ3n) is 5.40. The molecule has 1 heterocycles. The number of ether oxygens (including phenoxy) is 1. The fraction of sp³-hybridized carbons (Fsp3) is 0.500. The summed E-state index contributed by atoms with van der Waals surface area (Å²) in [6, 6.07) is 7.52. The van der Waals surface area contributed by atoms with Crippen LogP contribution in [0, 0.1) is 5.41 Å². The molecule has 146 valence electrons. The lowest BCUT2D eigenvalue weighted by atomic mass is 9.85. The molecule has 3 rings (SSSR count). The van der Waals surface area contributed by atoms with Gasteiger partial charge in [0.1, 0.15) is 5.75 Å². The zero-order valence-corrected chi connectivity index (χ0v) is 16.5. The van der Waals surface area contributed by atoms with Crippen molar-refractivity contribution in [1.82, 2.24) is 15.5 Å². The maximum Gasteiger partial charge on any atom is 0.319 e. The molecule has 5 heteroatoms. The van der Waals surface area contributed by atoms with Gasteiger partial charge in [-0.05, 0) is 68.0 Å². The van der Waals surface area contributed by atoms with E-state index in [-0.39, 0.29) is 11.4 Å². The van der Waals surface area contributed by atoms with E-state index >= 15 is 0 Å². The predicted octanol–water partition coefficient (Wildman–Crippen LogP) is 3.83. The van der Waals surface area contributed by atoms with Crippen LogP contribution >= 0.6 is 0 Å². The van der Waals surface area contributed by atoms with Crippen LogP contribution in [0.15, 0.2) is 48.2 Å². The molecule has 1 aromatic rings. The highest BCUT2D eigenvalue weighted by Gasteiger charge is 2.26. The third kappa shape index (κ3) is 5.86. The Balaban J connectivity index is 1.48. The van der Waals surface area contributed by atoms with E-state index in [9.17, 15) is 4.79 Å². The molecule has 0 unspecified atom stereocenters. The normalized spacial score (nSPS) is 22.8. The van der Waals surface area contributed by atoms with Crippen LogP contribution in [-0.4, -0.2) is 37.7 Å². The first-order chi connectivity index (χ1) is 13.1. The van der Waals surface area contributed by atoms with Crippen molar-refractivity contribution in [3.8, 4) is 5.75 Å². The van der Waals surface area contributed by atoms with E-state index < -0.39 is 0 Å². The number of nitrogens with one attached hydrogen (secondary N) is 2. The Hall–Kier alpha value is -2.27. The Labute approximate surface area is 162 Å². The van der Waals surface area contributed by atoms with Crippen LogP contribution in [0.5, 0.6) is 5.75 Å². The fourth-order valence-corrected chi connectivity index (χ4v) is 3.78. The molecule has 5 nitrogen and oxygen atoms in total. The van der Waals surface area contributed by atoms with Gasteiger partial charge in [-0.1, -0.05) is 31.2 Å². The van der Waals surface area contributed by atoms with Crippen molar-refractivity contribution in [1.29, 1.82) is 0 Å². The van der Waals surface area contributed by atoms with Crippen molar-refractivity contribution in [2.75, 3.05) is 26.7 Å². The average molecular weight is 370 g/mol. The summed E-state index contributed by atoms with van der Waals surface area (Å²) in [6.45, 7) is 6.35. The molecule has 0 bridgehead atoms. The summed E-state index contributed by atoms with van der Waals surface area (Å²) in [7, 11) is 1.64. The predicted molar refractivity (Wildman–Crippen MR) is 109 cm³/mol. The minimum absolute atomic E-state index is 0.170. The van der Waals surface area contributed by atoms with Gasteiger partial charge < -0.3 is 20.3 Å². The molecule has 0 radical (unpaired) electrons. The van der Waals surface area contributed by atoms with Gasteiger partial charge in [0.15, 0.2) is 0 Å². The number of amides is 2. The number of nitrogens with zero attached hydrogens (tertiary/aromatic N) is 1. The second kappa shape index (κ2) is 9.09. The molecule has 1 aromatic carbocycles. The van der Waals surface area contributed by atoms with E-state index in [0.717, 1.165) is 36.4 Å². The second-order valence-electron chi connectivity index (χ2n) is 7.82. The van der Waals surface area contributed by atoms with Gasteiger partial charge in [0.2, 0.25) is 0 Å². The molecule has 2 amide bonds. The number of hydrogen-bond acceptors (Lipinski definition) is 3. The number of likely N-dealkylation sites (tertiary alicyclic amines) is 1. The minimum atomic E-state index is -0.176. The molecule has 0 saturated carbocycles. The molecule has 1 aliphatic heterocycles. The van der Waals surface area contributed by atoms with Crippen LogP contribution in [0.1, 0.15) is 38.2 Å². The van der Waals surface area contributed by atoms with Gasteiger partial charge in [0, 0.05) is 18.8 Å². The topological polar surface area (TPSA) is 53.6 Å². The lowest BCUT2D eigenvalue weighted by Crippen LogP contribution is -2.34. The summed E-state index contributed by atoms with van der Waals surface area (Å²) in [5.41, 5.74) is 2.09. The monoisotopic (exact) mass is 369 g/mol. The van der Waals surface area contributed by atoms with Crippen molar-refractivity contribution < 1.29 is 9.53 Å². The van der Waals surface area contributed by atoms with Gasteiger partial charge >= 0.3 is 6.03 Å². The Morgan fingerprint density at radius 3 is 2.67 bits per heavy atom. The smallest absolute Gasteiger partial charge is 0.319 e. The quantitative estimate of drug-likeness (QED) is 0.801. The van der Waals surface area contributed by atoms with E-state index in [0.29, 0.717) is 6.54 Å². The Morgan fingerprint density at radius 2 is 1.96 bits per heavy atom. The number of carbonyl (C=O) groups is 1. The van der Waals surface area contributed by atoms with E-state index in [2.05, 4.69) is 40.7 Å². The van der Waals surface area contributed by atoms with Crippen LogP contribution in [0.4, 0.5) is 4.79 Å². The van der Waals surface area contributed by atoms with E-state index in [1.165, 1.54) is 25.9 Å². The molecular weight excluding hydrogens is 338 g/mol. The maximum atomic E-state index is 12.2. The van der Waals surface area contributed by atoms with Crippen molar-refractivity contribution in [2.24, 2.45) is 5.41 Å². The van der Waals surface area contributed by atoms with Crippen molar-refractivity contribution >= 4 is 6.03 Å². The van der Waals surface area contributed by atoms with Crippen LogP contribution in [0.3, 0.4) is 0 Å². The van der Waals surface area contributed by atoms with Gasteiger partial charge in [0.25, 0.3) is 0 Å². The van der Waals surface area contributed by atoms with Crippen molar-refractivity contribution in [3.63, 3.8) is 0 Å². The Morgan fingerprint density at radius 1 is 1.22 bits per heavy atom. The Kier molecular flexibility index (Phi) is 6.56. The summed E-state index contributed by atoms with van der Waals surface area (Å²) in [4.78, 5) is 14.8. The molecule has 1 aliphatic carbocycles. The number of urea groups is 1. The van der Waals surface area contributed by atoms with Crippen LogP contribution < -0.4 is 15.4 Å². The molecule has 0 aromatic heterocycles. The number of carbonyl (C=O) groups excluding carboxylic acids is 1. The first kappa shape index (κ1) is 19.5. The van der Waals surface area contributed by atoms with Gasteiger partial charge in [-0.3, -0.25) is 0 Å². The first-order valence-corrected chi connectivity index (χ1v) is 9.86. The van der Waals surface area contributed by atoms with E-state index in [4.69, 9.17) is 4.74 Å². The van der Waals surface area contributed by atoms with Gasteiger partial charge in [-0.2, -0.15) is 0 Å². The standard InChI is InChI=1S/C22H31N3O2/c1-22(17-25-14-3-4-15-25)12-5-6-19(11-13-22)24-21(26)23-16-18-7-9-20(27-2)10-8-18/h6-11,13H,3-5,12,14-17H2,1-2H3,(H2,23,24,26)/t22-/m1/s1. The lowest BCUT2D eigenvalue weighted by Gasteiger charge is -2.30. The highest BCUT2D eigenvalue weighted by Crippen LogP contribution is 2.31. The minimum Gasteiger partial charge on any atom is -0.497 e. The number of hydrogen-bond donors (Lipinski definition) is 2. The molecule has 1 saturated heterocycles. The molecule has 2 aliphatic rings. The van der Waals surface area contributed by atoms with Crippen LogP contribution in [0.25, 0.3) is 0 Å². The molecular formula is C22H31N3O2. The molecule has 0 spiro atoms.